The Morgan fingerprint density at radius 3 is 2.86 bits per heavy atom. The highest BCUT2D eigenvalue weighted by Crippen LogP contribution is 2.33. The lowest BCUT2D eigenvalue weighted by Crippen LogP contribution is -2.01. The second kappa shape index (κ2) is 3.62. The van der Waals surface area contributed by atoms with Gasteiger partial charge in [0.25, 0.3) is 0 Å². The largest absolute Gasteiger partial charge is 0.247 e. The minimum atomic E-state index is -1.40. The van der Waals surface area contributed by atoms with Crippen molar-refractivity contribution in [1.29, 1.82) is 0 Å². The number of benzene rings is 1. The Morgan fingerprint density at radius 1 is 1.50 bits per heavy atom. The van der Waals surface area contributed by atoms with Crippen molar-refractivity contribution in [3.05, 3.63) is 28.8 Å². The highest BCUT2D eigenvalue weighted by molar-refractivity contribution is 7.85. The molecule has 0 saturated heterocycles. The van der Waals surface area contributed by atoms with Crippen LogP contribution in [0.25, 0.3) is 10.1 Å². The van der Waals surface area contributed by atoms with Crippen LogP contribution in [0, 0.1) is 6.92 Å². The minimum Gasteiger partial charge on any atom is -0.247 e. The molecule has 2 nitrogen and oxygen atoms in total. The van der Waals surface area contributed by atoms with Crippen LogP contribution in [0.15, 0.2) is 22.4 Å². The van der Waals surface area contributed by atoms with E-state index in [1.165, 1.54) is 11.3 Å². The van der Waals surface area contributed by atoms with Gasteiger partial charge in [0.05, 0.1) is 0 Å². The Hall–Kier alpha value is -0.420. The van der Waals surface area contributed by atoms with Crippen LogP contribution >= 0.6 is 22.9 Å². The standard InChI is InChI=1S/C9H8ClNOS2/c1-5-7-3-2-6(10)4-8(7)13-9(5)14(11)12/h2-4H,11H2,1H3. The van der Waals surface area contributed by atoms with E-state index in [-0.39, 0.29) is 0 Å². The van der Waals surface area contributed by atoms with Crippen molar-refractivity contribution in [2.45, 2.75) is 11.1 Å². The van der Waals surface area contributed by atoms with E-state index in [0.29, 0.717) is 5.02 Å². The van der Waals surface area contributed by atoms with Crippen molar-refractivity contribution in [1.82, 2.24) is 0 Å². The number of aryl methyl sites for hydroxylation is 1. The molecule has 2 aromatic rings. The monoisotopic (exact) mass is 245 g/mol. The summed E-state index contributed by atoms with van der Waals surface area (Å²) in [6.45, 7) is 1.92. The van der Waals surface area contributed by atoms with Gasteiger partial charge in [0, 0.05) is 9.72 Å². The van der Waals surface area contributed by atoms with Crippen molar-refractivity contribution in [3.8, 4) is 0 Å². The maximum absolute atomic E-state index is 11.2. The first kappa shape index (κ1) is 10.1. The summed E-state index contributed by atoms with van der Waals surface area (Å²) in [7, 11) is -1.40. The van der Waals surface area contributed by atoms with E-state index in [2.05, 4.69) is 0 Å². The van der Waals surface area contributed by atoms with Gasteiger partial charge in [-0.3, -0.25) is 0 Å². The van der Waals surface area contributed by atoms with Crippen LogP contribution in [0.4, 0.5) is 0 Å². The SMILES string of the molecule is Cc1c(S(N)=O)sc2cc(Cl)ccc12. The number of nitrogens with two attached hydrogens (primary N) is 1. The summed E-state index contributed by atoms with van der Waals surface area (Å²) in [6.07, 6.45) is 0. The van der Waals surface area contributed by atoms with E-state index in [1.54, 1.807) is 0 Å². The third kappa shape index (κ3) is 1.59. The van der Waals surface area contributed by atoms with Crippen molar-refractivity contribution >= 4 is 44.0 Å². The molecular formula is C9H8ClNOS2. The molecule has 0 saturated carbocycles. The predicted molar refractivity (Wildman–Crippen MR) is 62.2 cm³/mol. The van der Waals surface area contributed by atoms with Crippen LogP contribution in [-0.2, 0) is 11.0 Å². The molecule has 5 heteroatoms. The number of thiophene rings is 1. The first-order valence-corrected chi connectivity index (χ1v) is 6.35. The molecule has 14 heavy (non-hydrogen) atoms. The number of rotatable bonds is 1. The van der Waals surface area contributed by atoms with Crippen LogP contribution in [0.2, 0.25) is 5.02 Å². The van der Waals surface area contributed by atoms with Gasteiger partial charge in [-0.15, -0.1) is 11.3 Å². The van der Waals surface area contributed by atoms with Gasteiger partial charge < -0.3 is 0 Å². The smallest absolute Gasteiger partial charge is 0.132 e. The fourth-order valence-electron chi connectivity index (χ4n) is 1.37. The third-order valence-corrected chi connectivity index (χ3v) is 4.74. The molecule has 1 unspecified atom stereocenters. The zero-order valence-corrected chi connectivity index (χ0v) is 9.80. The molecule has 74 valence electrons. The number of hydrogen-bond acceptors (Lipinski definition) is 2. The summed E-state index contributed by atoms with van der Waals surface area (Å²) in [5.41, 5.74) is 0.988. The predicted octanol–water partition coefficient (Wildman–Crippen LogP) is 2.84. The molecule has 0 bridgehead atoms. The molecule has 0 fully saturated rings. The summed E-state index contributed by atoms with van der Waals surface area (Å²) >= 11 is 7.30. The van der Waals surface area contributed by atoms with Crippen molar-refractivity contribution in [3.63, 3.8) is 0 Å². The van der Waals surface area contributed by atoms with E-state index in [4.69, 9.17) is 16.7 Å². The molecule has 1 aromatic heterocycles. The average molecular weight is 246 g/mol. The maximum Gasteiger partial charge on any atom is 0.132 e. The average Bonchev–Trinajstić information content (AvgIpc) is 2.43. The molecule has 0 spiro atoms. The first-order chi connectivity index (χ1) is 6.59. The molecular weight excluding hydrogens is 238 g/mol. The van der Waals surface area contributed by atoms with Crippen LogP contribution < -0.4 is 5.14 Å². The van der Waals surface area contributed by atoms with Gasteiger partial charge in [0.2, 0.25) is 0 Å². The number of halogens is 1. The highest BCUT2D eigenvalue weighted by Gasteiger charge is 2.11. The van der Waals surface area contributed by atoms with E-state index in [0.717, 1.165) is 19.9 Å². The highest BCUT2D eigenvalue weighted by atomic mass is 35.5. The second-order valence-electron chi connectivity index (χ2n) is 2.95. The fourth-order valence-corrected chi connectivity index (χ4v) is 3.59. The third-order valence-electron chi connectivity index (χ3n) is 2.04. The molecule has 2 N–H and O–H groups in total. The minimum absolute atomic E-state index is 0.688. The Morgan fingerprint density at radius 2 is 2.21 bits per heavy atom. The van der Waals surface area contributed by atoms with Crippen LogP contribution in [0.1, 0.15) is 5.56 Å². The van der Waals surface area contributed by atoms with Crippen LogP contribution in [0.5, 0.6) is 0 Å². The lowest BCUT2D eigenvalue weighted by molar-refractivity contribution is 0.685. The topological polar surface area (TPSA) is 43.1 Å². The summed E-state index contributed by atoms with van der Waals surface area (Å²) in [4.78, 5) is 0. The Bertz CT molecular complexity index is 521. The molecule has 0 amide bonds. The molecule has 0 aliphatic heterocycles. The lowest BCUT2D eigenvalue weighted by Gasteiger charge is -1.92. The molecule has 0 aliphatic rings. The van der Waals surface area contributed by atoms with Gasteiger partial charge in [-0.25, -0.2) is 9.35 Å². The summed E-state index contributed by atoms with van der Waals surface area (Å²) in [5, 5.41) is 7.13. The molecule has 1 heterocycles. The van der Waals surface area contributed by atoms with Gasteiger partial charge in [-0.1, -0.05) is 17.7 Å². The molecule has 2 rings (SSSR count). The van der Waals surface area contributed by atoms with Crippen LogP contribution in [-0.4, -0.2) is 4.21 Å². The Balaban J connectivity index is 2.79. The zero-order valence-electron chi connectivity index (χ0n) is 7.41. The van der Waals surface area contributed by atoms with Gasteiger partial charge in [0.15, 0.2) is 0 Å². The van der Waals surface area contributed by atoms with Crippen LogP contribution in [0.3, 0.4) is 0 Å². The van der Waals surface area contributed by atoms with Gasteiger partial charge in [0.1, 0.15) is 15.2 Å². The Kier molecular flexibility index (Phi) is 2.62. The molecule has 0 radical (unpaired) electrons. The fraction of sp³-hybridized carbons (Fsp3) is 0.111. The Labute approximate surface area is 93.3 Å². The lowest BCUT2D eigenvalue weighted by atomic mass is 10.2. The molecule has 0 aliphatic carbocycles. The van der Waals surface area contributed by atoms with E-state index in [9.17, 15) is 4.21 Å². The first-order valence-electron chi connectivity index (χ1n) is 3.94. The normalized spacial score (nSPS) is 13.4. The number of hydrogen-bond donors (Lipinski definition) is 1. The number of fused-ring (bicyclic) bond motifs is 1. The zero-order chi connectivity index (χ0) is 10.3. The van der Waals surface area contributed by atoms with E-state index >= 15 is 0 Å². The second-order valence-corrected chi connectivity index (χ2v) is 5.70. The quantitative estimate of drug-likeness (QED) is 0.825. The van der Waals surface area contributed by atoms with Crippen molar-refractivity contribution in [2.24, 2.45) is 5.14 Å². The summed E-state index contributed by atoms with van der Waals surface area (Å²) in [6, 6.07) is 5.62. The van der Waals surface area contributed by atoms with E-state index in [1.807, 2.05) is 25.1 Å². The van der Waals surface area contributed by atoms with Crippen molar-refractivity contribution in [2.75, 3.05) is 0 Å². The molecule has 1 atom stereocenters. The summed E-state index contributed by atoms with van der Waals surface area (Å²) in [5.74, 6) is 0. The van der Waals surface area contributed by atoms with E-state index < -0.39 is 11.0 Å². The van der Waals surface area contributed by atoms with Crippen molar-refractivity contribution < 1.29 is 4.21 Å². The molecule has 1 aromatic carbocycles. The van der Waals surface area contributed by atoms with Gasteiger partial charge >= 0.3 is 0 Å². The van der Waals surface area contributed by atoms with Gasteiger partial charge in [-0.2, -0.15) is 0 Å². The maximum atomic E-state index is 11.2. The summed E-state index contributed by atoms with van der Waals surface area (Å²) < 4.78 is 12.9. The van der Waals surface area contributed by atoms with Gasteiger partial charge in [-0.05, 0) is 30.0 Å².